The van der Waals surface area contributed by atoms with Crippen LogP contribution >= 0.6 is 11.3 Å². The van der Waals surface area contributed by atoms with Crippen molar-refractivity contribution in [3.05, 3.63) is 58.4 Å². The number of carbonyl (C=O) groups excluding carboxylic acids is 1. The van der Waals surface area contributed by atoms with Crippen molar-refractivity contribution in [3.63, 3.8) is 0 Å². The van der Waals surface area contributed by atoms with Gasteiger partial charge in [0, 0.05) is 22.5 Å². The summed E-state index contributed by atoms with van der Waals surface area (Å²) >= 11 is 1.53. The molecule has 1 aliphatic heterocycles. The summed E-state index contributed by atoms with van der Waals surface area (Å²) in [4.78, 5) is 15.8. The van der Waals surface area contributed by atoms with Crippen LogP contribution in [0.2, 0.25) is 0 Å². The molecule has 1 atom stereocenters. The number of benzene rings is 1. The Balaban J connectivity index is 1.59. The number of thiophene rings is 1. The van der Waals surface area contributed by atoms with Crippen LogP contribution in [0.25, 0.3) is 11.3 Å². The lowest BCUT2D eigenvalue weighted by Gasteiger charge is -2.26. The number of hydrogen-bond acceptors (Lipinski definition) is 7. The van der Waals surface area contributed by atoms with E-state index in [2.05, 4.69) is 5.16 Å². The fourth-order valence-electron chi connectivity index (χ4n) is 3.37. The molecule has 0 unspecified atom stereocenters. The minimum Gasteiger partial charge on any atom is -0.497 e. The Kier molecular flexibility index (Phi) is 5.42. The number of methoxy groups -OCH3 is 1. The van der Waals surface area contributed by atoms with Crippen LogP contribution in [0, 0.1) is 0 Å². The molecule has 0 spiro atoms. The highest BCUT2D eigenvalue weighted by Gasteiger charge is 2.36. The lowest BCUT2D eigenvalue weighted by atomic mass is 10.1. The third kappa shape index (κ3) is 4.35. The van der Waals surface area contributed by atoms with Gasteiger partial charge in [-0.2, -0.15) is 0 Å². The zero-order valence-corrected chi connectivity index (χ0v) is 17.4. The largest absolute Gasteiger partial charge is 0.497 e. The van der Waals surface area contributed by atoms with E-state index in [9.17, 15) is 13.2 Å². The Bertz CT molecular complexity index is 1090. The summed E-state index contributed by atoms with van der Waals surface area (Å²) in [5.41, 5.74) is 0.933. The van der Waals surface area contributed by atoms with E-state index in [-0.39, 0.29) is 29.1 Å². The lowest BCUT2D eigenvalue weighted by molar-refractivity contribution is 0.0672. The maximum atomic E-state index is 13.2. The normalized spacial score (nSPS) is 17.9. The first kappa shape index (κ1) is 19.7. The minimum absolute atomic E-state index is 0.0205. The molecule has 1 fully saturated rings. The zero-order chi connectivity index (χ0) is 20.4. The van der Waals surface area contributed by atoms with E-state index in [1.165, 1.54) is 11.3 Å². The molecule has 29 heavy (non-hydrogen) atoms. The predicted molar refractivity (Wildman–Crippen MR) is 110 cm³/mol. The summed E-state index contributed by atoms with van der Waals surface area (Å²) in [6, 6.07) is 12.3. The Labute approximate surface area is 172 Å². The first-order chi connectivity index (χ1) is 13.9. The summed E-state index contributed by atoms with van der Waals surface area (Å²) < 4.78 is 34.5. The molecule has 1 aromatic carbocycles. The van der Waals surface area contributed by atoms with Gasteiger partial charge in [-0.25, -0.2) is 8.42 Å². The predicted octanol–water partition coefficient (Wildman–Crippen LogP) is 3.24. The topological polar surface area (TPSA) is 89.7 Å². The average molecular weight is 433 g/mol. The van der Waals surface area contributed by atoms with E-state index in [1.807, 2.05) is 29.6 Å². The summed E-state index contributed by atoms with van der Waals surface area (Å²) in [6.45, 7) is 0.349. The SMILES string of the molecule is COc1ccc(-c2cc(C(=O)N(Cc3cccs3)[C@@H]3CCS(=O)(=O)C3)no2)cc1. The number of amides is 1. The molecule has 3 heterocycles. The van der Waals surface area contributed by atoms with Crippen molar-refractivity contribution in [2.24, 2.45) is 0 Å². The lowest BCUT2D eigenvalue weighted by Crippen LogP contribution is -2.40. The number of hydrogen-bond donors (Lipinski definition) is 0. The highest BCUT2D eigenvalue weighted by molar-refractivity contribution is 7.91. The van der Waals surface area contributed by atoms with Gasteiger partial charge in [0.2, 0.25) is 0 Å². The highest BCUT2D eigenvalue weighted by atomic mass is 32.2. The number of ether oxygens (including phenoxy) is 1. The van der Waals surface area contributed by atoms with Crippen molar-refractivity contribution in [3.8, 4) is 17.1 Å². The van der Waals surface area contributed by atoms with Crippen molar-refractivity contribution in [2.75, 3.05) is 18.6 Å². The second-order valence-corrected chi connectivity index (χ2v) is 10.1. The molecule has 0 radical (unpaired) electrons. The van der Waals surface area contributed by atoms with Gasteiger partial charge in [-0.15, -0.1) is 11.3 Å². The van der Waals surface area contributed by atoms with E-state index in [1.54, 1.807) is 30.2 Å². The monoisotopic (exact) mass is 432 g/mol. The molecular weight excluding hydrogens is 412 g/mol. The fraction of sp³-hybridized carbons (Fsp3) is 0.300. The first-order valence-corrected chi connectivity index (χ1v) is 11.8. The maximum Gasteiger partial charge on any atom is 0.276 e. The van der Waals surface area contributed by atoms with Gasteiger partial charge in [-0.1, -0.05) is 11.2 Å². The second kappa shape index (κ2) is 8.00. The quantitative estimate of drug-likeness (QED) is 0.594. The summed E-state index contributed by atoms with van der Waals surface area (Å²) in [6.07, 6.45) is 0.433. The molecule has 1 saturated heterocycles. The van der Waals surface area contributed by atoms with Crippen LogP contribution in [0.15, 0.2) is 52.4 Å². The molecular formula is C20H20N2O5S2. The van der Waals surface area contributed by atoms with Crippen molar-refractivity contribution in [2.45, 2.75) is 19.0 Å². The molecule has 3 aromatic rings. The standard InChI is InChI=1S/C20H20N2O5S2/c1-26-16-6-4-14(5-7-16)19-11-18(21-27-19)20(23)22(12-17-3-2-9-28-17)15-8-10-29(24,25)13-15/h2-7,9,11,15H,8,10,12-13H2,1H3/t15-/m1/s1. The molecule has 0 aliphatic carbocycles. The molecule has 0 bridgehead atoms. The smallest absolute Gasteiger partial charge is 0.276 e. The molecule has 4 rings (SSSR count). The van der Waals surface area contributed by atoms with Crippen molar-refractivity contribution in [1.82, 2.24) is 10.1 Å². The van der Waals surface area contributed by atoms with E-state index >= 15 is 0 Å². The Hall–Kier alpha value is -2.65. The summed E-state index contributed by atoms with van der Waals surface area (Å²) in [5.74, 6) is 0.930. The van der Waals surface area contributed by atoms with Gasteiger partial charge < -0.3 is 14.2 Å². The molecule has 152 valence electrons. The van der Waals surface area contributed by atoms with Crippen LogP contribution in [-0.2, 0) is 16.4 Å². The van der Waals surface area contributed by atoms with Gasteiger partial charge in [0.05, 0.1) is 25.2 Å². The average Bonchev–Trinajstić information content (AvgIpc) is 3.47. The van der Waals surface area contributed by atoms with Crippen molar-refractivity contribution < 1.29 is 22.5 Å². The van der Waals surface area contributed by atoms with Crippen LogP contribution in [0.1, 0.15) is 21.8 Å². The fourth-order valence-corrected chi connectivity index (χ4v) is 5.81. The molecule has 9 heteroatoms. The first-order valence-electron chi connectivity index (χ1n) is 9.10. The van der Waals surface area contributed by atoms with E-state index in [4.69, 9.17) is 9.26 Å². The van der Waals surface area contributed by atoms with Gasteiger partial charge in [-0.3, -0.25) is 4.79 Å². The molecule has 7 nitrogen and oxygen atoms in total. The van der Waals surface area contributed by atoms with E-state index in [0.717, 1.165) is 10.4 Å². The second-order valence-electron chi connectivity index (χ2n) is 6.87. The number of sulfone groups is 1. The van der Waals surface area contributed by atoms with Crippen LogP contribution in [0.4, 0.5) is 0 Å². The Morgan fingerprint density at radius 3 is 2.72 bits per heavy atom. The third-order valence-corrected chi connectivity index (χ3v) is 7.53. The van der Waals surface area contributed by atoms with Gasteiger partial charge in [0.15, 0.2) is 21.3 Å². The Morgan fingerprint density at radius 2 is 2.10 bits per heavy atom. The number of rotatable bonds is 6. The Morgan fingerprint density at radius 1 is 1.31 bits per heavy atom. The van der Waals surface area contributed by atoms with Gasteiger partial charge >= 0.3 is 0 Å². The van der Waals surface area contributed by atoms with Crippen LogP contribution < -0.4 is 4.74 Å². The number of aromatic nitrogens is 1. The molecule has 0 saturated carbocycles. The van der Waals surface area contributed by atoms with Crippen LogP contribution in [-0.4, -0.2) is 49.0 Å². The molecule has 1 aliphatic rings. The molecule has 1 amide bonds. The molecule has 0 N–H and O–H groups in total. The van der Waals surface area contributed by atoms with E-state index < -0.39 is 9.84 Å². The zero-order valence-electron chi connectivity index (χ0n) is 15.8. The van der Waals surface area contributed by atoms with Crippen LogP contribution in [0.5, 0.6) is 5.75 Å². The van der Waals surface area contributed by atoms with Crippen LogP contribution in [0.3, 0.4) is 0 Å². The summed E-state index contributed by atoms with van der Waals surface area (Å²) in [5, 5.41) is 5.88. The number of carbonyl (C=O) groups is 1. The van der Waals surface area contributed by atoms with Gasteiger partial charge in [0.1, 0.15) is 5.75 Å². The highest BCUT2D eigenvalue weighted by Crippen LogP contribution is 2.26. The summed E-state index contributed by atoms with van der Waals surface area (Å²) in [7, 11) is -1.54. The number of nitrogens with zero attached hydrogens (tertiary/aromatic N) is 2. The van der Waals surface area contributed by atoms with Gasteiger partial charge in [0.25, 0.3) is 5.91 Å². The third-order valence-electron chi connectivity index (χ3n) is 4.92. The van der Waals surface area contributed by atoms with Crippen molar-refractivity contribution in [1.29, 1.82) is 0 Å². The molecule has 2 aromatic heterocycles. The van der Waals surface area contributed by atoms with Gasteiger partial charge in [-0.05, 0) is 42.1 Å². The van der Waals surface area contributed by atoms with Crippen molar-refractivity contribution >= 4 is 27.1 Å². The minimum atomic E-state index is -3.13. The van der Waals surface area contributed by atoms with E-state index in [0.29, 0.717) is 24.5 Å². The maximum absolute atomic E-state index is 13.2.